The van der Waals surface area contributed by atoms with Crippen LogP contribution in [0.15, 0.2) is 47.3 Å². The van der Waals surface area contributed by atoms with Gasteiger partial charge in [-0.3, -0.25) is 9.59 Å². The van der Waals surface area contributed by atoms with Gasteiger partial charge < -0.3 is 24.5 Å². The average molecular weight is 382 g/mol. The molecule has 0 spiro atoms. The van der Waals surface area contributed by atoms with Gasteiger partial charge in [-0.1, -0.05) is 6.07 Å². The van der Waals surface area contributed by atoms with Crippen LogP contribution in [0.3, 0.4) is 0 Å². The van der Waals surface area contributed by atoms with Crippen LogP contribution in [0.4, 0.5) is 0 Å². The van der Waals surface area contributed by atoms with Crippen LogP contribution in [0.2, 0.25) is 0 Å². The minimum Gasteiger partial charge on any atom is -0.497 e. The van der Waals surface area contributed by atoms with Gasteiger partial charge in [0, 0.05) is 18.2 Å². The number of hydrogen-bond donors (Lipinski definition) is 2. The minimum absolute atomic E-state index is 0.186. The van der Waals surface area contributed by atoms with E-state index in [1.807, 2.05) is 18.2 Å². The molecule has 146 valence electrons. The van der Waals surface area contributed by atoms with E-state index >= 15 is 0 Å². The first kappa shape index (κ1) is 19.3. The number of carbonyl (C=O) groups excluding carboxylic acids is 1. The molecule has 28 heavy (non-hydrogen) atoms. The van der Waals surface area contributed by atoms with Crippen LogP contribution in [0.5, 0.6) is 17.2 Å². The third kappa shape index (κ3) is 3.93. The number of methoxy groups -OCH3 is 3. The minimum atomic E-state index is -0.294. The maximum absolute atomic E-state index is 12.5. The number of pyridine rings is 1. The molecule has 3 aromatic rings. The summed E-state index contributed by atoms with van der Waals surface area (Å²) in [4.78, 5) is 27.7. The highest BCUT2D eigenvalue weighted by molar-refractivity contribution is 5.97. The number of aromatic nitrogens is 1. The molecule has 0 aliphatic carbocycles. The van der Waals surface area contributed by atoms with Crippen molar-refractivity contribution in [3.8, 4) is 17.2 Å². The van der Waals surface area contributed by atoms with Crippen LogP contribution in [0, 0.1) is 0 Å². The number of ether oxygens (including phenoxy) is 3. The second kappa shape index (κ2) is 8.47. The van der Waals surface area contributed by atoms with Crippen LogP contribution in [-0.4, -0.2) is 38.8 Å². The Morgan fingerprint density at radius 3 is 2.57 bits per heavy atom. The molecular formula is C21H22N2O5. The molecule has 2 aromatic carbocycles. The predicted molar refractivity (Wildman–Crippen MR) is 107 cm³/mol. The number of para-hydroxylation sites is 1. The summed E-state index contributed by atoms with van der Waals surface area (Å²) in [5.41, 5.74) is 1.49. The monoisotopic (exact) mass is 382 g/mol. The van der Waals surface area contributed by atoms with Gasteiger partial charge in [-0.25, -0.2) is 0 Å². The number of fused-ring (bicyclic) bond motifs is 1. The Bertz CT molecular complexity index is 1060. The molecule has 0 unspecified atom stereocenters. The summed E-state index contributed by atoms with van der Waals surface area (Å²) in [7, 11) is 4.58. The molecule has 0 bridgehead atoms. The van der Waals surface area contributed by atoms with Gasteiger partial charge in [-0.05, 0) is 42.1 Å². The third-order valence-electron chi connectivity index (χ3n) is 4.46. The Kier molecular flexibility index (Phi) is 5.84. The quantitative estimate of drug-likeness (QED) is 0.655. The molecule has 2 N–H and O–H groups in total. The van der Waals surface area contributed by atoms with Crippen molar-refractivity contribution in [2.24, 2.45) is 0 Å². The zero-order valence-electron chi connectivity index (χ0n) is 16.0. The highest BCUT2D eigenvalue weighted by Crippen LogP contribution is 2.30. The van der Waals surface area contributed by atoms with Gasteiger partial charge in [0.15, 0.2) is 11.5 Å². The summed E-state index contributed by atoms with van der Waals surface area (Å²) in [5.74, 6) is 1.24. The zero-order valence-corrected chi connectivity index (χ0v) is 16.0. The number of benzene rings is 2. The summed E-state index contributed by atoms with van der Waals surface area (Å²) in [6.07, 6.45) is 0.398. The van der Waals surface area contributed by atoms with Crippen molar-refractivity contribution in [2.45, 2.75) is 6.42 Å². The second-order valence-electron chi connectivity index (χ2n) is 6.12. The van der Waals surface area contributed by atoms with E-state index in [9.17, 15) is 9.59 Å². The van der Waals surface area contributed by atoms with Gasteiger partial charge in [0.25, 0.3) is 11.5 Å². The van der Waals surface area contributed by atoms with Crippen molar-refractivity contribution in [1.82, 2.24) is 10.3 Å². The summed E-state index contributed by atoms with van der Waals surface area (Å²) in [6.45, 7) is 0.309. The van der Waals surface area contributed by atoms with E-state index in [0.717, 1.165) is 5.39 Å². The average Bonchev–Trinajstić information content (AvgIpc) is 2.72. The van der Waals surface area contributed by atoms with E-state index in [0.29, 0.717) is 46.9 Å². The fraction of sp³-hybridized carbons (Fsp3) is 0.238. The molecule has 1 aromatic heterocycles. The maximum atomic E-state index is 12.5. The molecule has 0 saturated carbocycles. The molecule has 0 radical (unpaired) electrons. The first-order valence-electron chi connectivity index (χ1n) is 8.76. The molecular weight excluding hydrogens is 360 g/mol. The fourth-order valence-corrected chi connectivity index (χ4v) is 3.01. The molecule has 0 aliphatic heterocycles. The van der Waals surface area contributed by atoms with Crippen LogP contribution < -0.4 is 25.1 Å². The lowest BCUT2D eigenvalue weighted by Gasteiger charge is -2.12. The van der Waals surface area contributed by atoms with Crippen LogP contribution in [0.25, 0.3) is 10.9 Å². The molecule has 0 aliphatic rings. The van der Waals surface area contributed by atoms with Gasteiger partial charge in [-0.15, -0.1) is 0 Å². The topological polar surface area (TPSA) is 89.7 Å². The highest BCUT2D eigenvalue weighted by atomic mass is 16.5. The number of rotatable bonds is 7. The summed E-state index contributed by atoms with van der Waals surface area (Å²) >= 11 is 0. The second-order valence-corrected chi connectivity index (χ2v) is 6.12. The molecule has 0 fully saturated rings. The Morgan fingerprint density at radius 2 is 1.86 bits per heavy atom. The first-order valence-corrected chi connectivity index (χ1v) is 8.76. The SMILES string of the molecule is COc1ccc2cc(CCNC(=O)c3cccc(OC)c3OC)c(=O)[nH]c2c1. The number of nitrogens with one attached hydrogen (secondary N) is 2. The molecule has 7 nitrogen and oxygen atoms in total. The number of hydrogen-bond acceptors (Lipinski definition) is 5. The lowest BCUT2D eigenvalue weighted by atomic mass is 10.1. The first-order chi connectivity index (χ1) is 13.6. The van der Waals surface area contributed by atoms with Crippen molar-refractivity contribution < 1.29 is 19.0 Å². The zero-order chi connectivity index (χ0) is 20.1. The van der Waals surface area contributed by atoms with Crippen LogP contribution >= 0.6 is 0 Å². The fourth-order valence-electron chi connectivity index (χ4n) is 3.01. The van der Waals surface area contributed by atoms with Crippen molar-refractivity contribution in [1.29, 1.82) is 0 Å². The van der Waals surface area contributed by atoms with E-state index in [4.69, 9.17) is 14.2 Å². The van der Waals surface area contributed by atoms with Crippen LogP contribution in [0.1, 0.15) is 15.9 Å². The van der Waals surface area contributed by atoms with Crippen LogP contribution in [-0.2, 0) is 6.42 Å². The maximum Gasteiger partial charge on any atom is 0.255 e. The standard InChI is InChI=1S/C21H22N2O5/c1-26-15-8-7-13-11-14(20(24)23-17(13)12-15)9-10-22-21(25)16-5-4-6-18(27-2)19(16)28-3/h4-8,11-12H,9-10H2,1-3H3,(H,22,25)(H,23,24). The Balaban J connectivity index is 1.72. The van der Waals surface area contributed by atoms with Gasteiger partial charge in [0.1, 0.15) is 5.75 Å². The van der Waals surface area contributed by atoms with E-state index < -0.39 is 0 Å². The lowest BCUT2D eigenvalue weighted by Crippen LogP contribution is -2.27. The van der Waals surface area contributed by atoms with Crippen molar-refractivity contribution in [3.05, 3.63) is 63.9 Å². The van der Waals surface area contributed by atoms with Crippen molar-refractivity contribution in [2.75, 3.05) is 27.9 Å². The predicted octanol–water partition coefficient (Wildman–Crippen LogP) is 2.53. The van der Waals surface area contributed by atoms with Crippen molar-refractivity contribution >= 4 is 16.8 Å². The summed E-state index contributed by atoms with van der Waals surface area (Å²) in [6, 6.07) is 12.4. The van der Waals surface area contributed by atoms with E-state index in [-0.39, 0.29) is 11.5 Å². The van der Waals surface area contributed by atoms with Crippen molar-refractivity contribution in [3.63, 3.8) is 0 Å². The largest absolute Gasteiger partial charge is 0.497 e. The summed E-state index contributed by atoms with van der Waals surface area (Å²) < 4.78 is 15.7. The molecule has 0 saturated heterocycles. The lowest BCUT2D eigenvalue weighted by molar-refractivity contribution is 0.0950. The molecule has 7 heteroatoms. The van der Waals surface area contributed by atoms with Gasteiger partial charge >= 0.3 is 0 Å². The number of aromatic amines is 1. The normalized spacial score (nSPS) is 10.5. The molecule has 1 heterocycles. The number of carbonyl (C=O) groups is 1. The highest BCUT2D eigenvalue weighted by Gasteiger charge is 2.16. The Morgan fingerprint density at radius 1 is 1.04 bits per heavy atom. The smallest absolute Gasteiger partial charge is 0.255 e. The van der Waals surface area contributed by atoms with E-state index in [2.05, 4.69) is 10.3 Å². The van der Waals surface area contributed by atoms with Gasteiger partial charge in [0.2, 0.25) is 0 Å². The molecule has 3 rings (SSSR count). The van der Waals surface area contributed by atoms with E-state index in [1.54, 1.807) is 31.4 Å². The van der Waals surface area contributed by atoms with Gasteiger partial charge in [0.05, 0.1) is 32.4 Å². The Hall–Kier alpha value is -3.48. The Labute approximate surface area is 162 Å². The number of amides is 1. The summed E-state index contributed by atoms with van der Waals surface area (Å²) in [5, 5.41) is 3.72. The third-order valence-corrected chi connectivity index (χ3v) is 4.46. The van der Waals surface area contributed by atoms with Gasteiger partial charge in [-0.2, -0.15) is 0 Å². The molecule has 0 atom stereocenters. The van der Waals surface area contributed by atoms with E-state index in [1.165, 1.54) is 14.2 Å². The molecule has 1 amide bonds. The number of H-pyrrole nitrogens is 1.